The van der Waals surface area contributed by atoms with Gasteiger partial charge in [-0.05, 0) is 37.6 Å². The highest BCUT2D eigenvalue weighted by molar-refractivity contribution is 6.05. The third kappa shape index (κ3) is 2.78. The Morgan fingerprint density at radius 2 is 1.84 bits per heavy atom. The fourth-order valence-electron chi connectivity index (χ4n) is 2.80. The van der Waals surface area contributed by atoms with Crippen LogP contribution < -0.4 is 5.32 Å². The summed E-state index contributed by atoms with van der Waals surface area (Å²) in [5.74, 6) is 0.967. The van der Waals surface area contributed by atoms with E-state index in [4.69, 9.17) is 0 Å². The summed E-state index contributed by atoms with van der Waals surface area (Å²) in [5.41, 5.74) is 4.12. The van der Waals surface area contributed by atoms with Gasteiger partial charge in [-0.15, -0.1) is 0 Å². The molecule has 0 bridgehead atoms. The van der Waals surface area contributed by atoms with Crippen LogP contribution in [0.2, 0.25) is 0 Å². The van der Waals surface area contributed by atoms with Gasteiger partial charge in [0.15, 0.2) is 0 Å². The number of aromatic amines is 1. The molecule has 0 aliphatic rings. The van der Waals surface area contributed by atoms with E-state index in [9.17, 15) is 4.79 Å². The Morgan fingerprint density at radius 1 is 1.08 bits per heavy atom. The predicted molar refractivity (Wildman–Crippen MR) is 97.1 cm³/mol. The summed E-state index contributed by atoms with van der Waals surface area (Å²) in [7, 11) is 0. The van der Waals surface area contributed by atoms with Crippen molar-refractivity contribution in [2.75, 3.05) is 5.32 Å². The molecule has 0 spiro atoms. The average molecular weight is 331 g/mol. The van der Waals surface area contributed by atoms with Crippen molar-refractivity contribution >= 4 is 22.8 Å². The molecule has 25 heavy (non-hydrogen) atoms. The molecule has 2 N–H and O–H groups in total. The van der Waals surface area contributed by atoms with Crippen molar-refractivity contribution in [1.82, 2.24) is 19.7 Å². The molecule has 0 atom stereocenters. The van der Waals surface area contributed by atoms with Gasteiger partial charge in [-0.3, -0.25) is 4.79 Å². The van der Waals surface area contributed by atoms with Gasteiger partial charge < -0.3 is 10.3 Å². The van der Waals surface area contributed by atoms with Gasteiger partial charge in [0.1, 0.15) is 5.82 Å². The molecular formula is C19H17N5O. The first-order valence-corrected chi connectivity index (χ1v) is 8.00. The van der Waals surface area contributed by atoms with Crippen LogP contribution in [0.4, 0.5) is 5.82 Å². The summed E-state index contributed by atoms with van der Waals surface area (Å²) in [6.45, 7) is 3.79. The Labute approximate surface area is 144 Å². The topological polar surface area (TPSA) is 75.6 Å². The molecule has 0 aliphatic carbocycles. The van der Waals surface area contributed by atoms with Crippen LogP contribution in [-0.2, 0) is 0 Å². The second kappa shape index (κ2) is 5.90. The Kier molecular flexibility index (Phi) is 3.57. The first-order chi connectivity index (χ1) is 12.1. The summed E-state index contributed by atoms with van der Waals surface area (Å²) in [6, 6.07) is 17.1. The summed E-state index contributed by atoms with van der Waals surface area (Å²) in [6.07, 6.45) is 0. The van der Waals surface area contributed by atoms with Crippen LogP contribution >= 0.6 is 0 Å². The molecule has 2 aromatic heterocycles. The number of carbonyl (C=O) groups is 1. The number of anilines is 1. The van der Waals surface area contributed by atoms with Gasteiger partial charge in [0, 0.05) is 11.6 Å². The van der Waals surface area contributed by atoms with E-state index in [0.717, 1.165) is 22.3 Å². The molecular weight excluding hydrogens is 314 g/mol. The van der Waals surface area contributed by atoms with Crippen molar-refractivity contribution in [2.45, 2.75) is 13.8 Å². The number of para-hydroxylation sites is 2. The smallest absolute Gasteiger partial charge is 0.257 e. The van der Waals surface area contributed by atoms with Gasteiger partial charge in [-0.2, -0.15) is 9.78 Å². The van der Waals surface area contributed by atoms with Crippen LogP contribution in [0, 0.1) is 13.8 Å². The van der Waals surface area contributed by atoms with E-state index < -0.39 is 0 Å². The predicted octanol–water partition coefficient (Wildman–Crippen LogP) is 3.62. The highest BCUT2D eigenvalue weighted by Crippen LogP contribution is 2.19. The molecule has 2 aromatic carbocycles. The summed E-state index contributed by atoms with van der Waals surface area (Å²) in [5, 5.41) is 7.39. The van der Waals surface area contributed by atoms with Crippen LogP contribution in [0.25, 0.3) is 17.0 Å². The van der Waals surface area contributed by atoms with Gasteiger partial charge in [0.25, 0.3) is 5.91 Å². The number of nitrogens with zero attached hydrogens (tertiary/aromatic N) is 3. The molecule has 0 saturated carbocycles. The Balaban J connectivity index is 1.72. The normalized spacial score (nSPS) is 11.0. The number of nitrogens with one attached hydrogen (secondary N) is 2. The fraction of sp³-hybridized carbons (Fsp3) is 0.105. The number of carbonyl (C=O) groups excluding carboxylic acids is 1. The number of hydrogen-bond donors (Lipinski definition) is 2. The number of fused-ring (bicyclic) bond motifs is 1. The van der Waals surface area contributed by atoms with Crippen molar-refractivity contribution in [3.63, 3.8) is 0 Å². The molecule has 0 unspecified atom stereocenters. The first kappa shape index (κ1) is 15.1. The van der Waals surface area contributed by atoms with Crippen molar-refractivity contribution in [3.8, 4) is 5.95 Å². The third-order valence-electron chi connectivity index (χ3n) is 4.04. The number of benzene rings is 2. The van der Waals surface area contributed by atoms with Crippen molar-refractivity contribution in [3.05, 3.63) is 71.4 Å². The van der Waals surface area contributed by atoms with Crippen molar-refractivity contribution < 1.29 is 4.79 Å². The summed E-state index contributed by atoms with van der Waals surface area (Å²) in [4.78, 5) is 20.4. The number of imidazole rings is 1. The number of H-pyrrole nitrogens is 1. The zero-order chi connectivity index (χ0) is 17.4. The van der Waals surface area contributed by atoms with Gasteiger partial charge in [-0.25, -0.2) is 4.98 Å². The zero-order valence-corrected chi connectivity index (χ0v) is 13.9. The van der Waals surface area contributed by atoms with Gasteiger partial charge in [-0.1, -0.05) is 30.3 Å². The Hall–Kier alpha value is -3.41. The Morgan fingerprint density at radius 3 is 2.64 bits per heavy atom. The van der Waals surface area contributed by atoms with Crippen LogP contribution in [0.3, 0.4) is 0 Å². The minimum absolute atomic E-state index is 0.171. The first-order valence-electron chi connectivity index (χ1n) is 8.00. The highest BCUT2D eigenvalue weighted by Gasteiger charge is 2.15. The zero-order valence-electron chi connectivity index (χ0n) is 13.9. The molecule has 0 aliphatic heterocycles. The minimum atomic E-state index is -0.171. The van der Waals surface area contributed by atoms with Gasteiger partial charge in [0.2, 0.25) is 5.95 Å². The van der Waals surface area contributed by atoms with Crippen LogP contribution in [-0.4, -0.2) is 25.7 Å². The molecule has 6 nitrogen and oxygen atoms in total. The van der Waals surface area contributed by atoms with Crippen LogP contribution in [0.1, 0.15) is 21.6 Å². The molecule has 0 saturated heterocycles. The maximum absolute atomic E-state index is 12.6. The van der Waals surface area contributed by atoms with E-state index in [2.05, 4.69) is 20.4 Å². The minimum Gasteiger partial charge on any atom is -0.322 e. The average Bonchev–Trinajstić information content (AvgIpc) is 3.18. The van der Waals surface area contributed by atoms with Crippen LogP contribution in [0.5, 0.6) is 0 Å². The lowest BCUT2D eigenvalue weighted by atomic mass is 10.1. The largest absolute Gasteiger partial charge is 0.322 e. The molecule has 6 heteroatoms. The second-order valence-electron chi connectivity index (χ2n) is 5.93. The molecule has 0 radical (unpaired) electrons. The monoisotopic (exact) mass is 331 g/mol. The van der Waals surface area contributed by atoms with Crippen molar-refractivity contribution in [2.24, 2.45) is 0 Å². The van der Waals surface area contributed by atoms with Gasteiger partial charge >= 0.3 is 0 Å². The maximum Gasteiger partial charge on any atom is 0.257 e. The van der Waals surface area contributed by atoms with E-state index in [0.29, 0.717) is 17.3 Å². The standard InChI is InChI=1S/C19H17N5O/c1-12-7-3-4-8-14(12)18(25)22-17-11-13(2)23-24(17)19-20-15-9-5-6-10-16(15)21-19/h3-11H,1-2H3,(H,20,21)(H,22,25). The maximum atomic E-state index is 12.6. The molecule has 124 valence electrons. The summed E-state index contributed by atoms with van der Waals surface area (Å²) < 4.78 is 1.62. The quantitative estimate of drug-likeness (QED) is 0.602. The Bertz CT molecular complexity index is 1040. The van der Waals surface area contributed by atoms with E-state index in [-0.39, 0.29) is 5.91 Å². The van der Waals surface area contributed by atoms with E-state index in [1.807, 2.05) is 62.4 Å². The molecule has 1 amide bonds. The number of aromatic nitrogens is 4. The molecule has 4 rings (SSSR count). The lowest BCUT2D eigenvalue weighted by Crippen LogP contribution is -2.16. The van der Waals surface area contributed by atoms with Crippen molar-refractivity contribution in [1.29, 1.82) is 0 Å². The molecule has 0 fully saturated rings. The molecule has 2 heterocycles. The number of hydrogen-bond acceptors (Lipinski definition) is 3. The lowest BCUT2D eigenvalue weighted by molar-refractivity contribution is 0.102. The van der Waals surface area contributed by atoms with E-state index in [1.165, 1.54) is 0 Å². The highest BCUT2D eigenvalue weighted by atomic mass is 16.1. The summed E-state index contributed by atoms with van der Waals surface area (Å²) >= 11 is 0. The number of rotatable bonds is 3. The third-order valence-corrected chi connectivity index (χ3v) is 4.04. The van der Waals surface area contributed by atoms with E-state index >= 15 is 0 Å². The van der Waals surface area contributed by atoms with Gasteiger partial charge in [0.05, 0.1) is 16.7 Å². The number of aryl methyl sites for hydroxylation is 2. The van der Waals surface area contributed by atoms with Crippen LogP contribution in [0.15, 0.2) is 54.6 Å². The fourth-order valence-corrected chi connectivity index (χ4v) is 2.80. The number of amides is 1. The lowest BCUT2D eigenvalue weighted by Gasteiger charge is -2.08. The second-order valence-corrected chi connectivity index (χ2v) is 5.93. The SMILES string of the molecule is Cc1cc(NC(=O)c2ccccc2C)n(-c2nc3ccccc3[nH]2)n1. The molecule has 4 aromatic rings. The van der Waals surface area contributed by atoms with E-state index in [1.54, 1.807) is 10.7 Å².